The van der Waals surface area contributed by atoms with E-state index in [1.807, 2.05) is 17.0 Å². The molecule has 0 saturated heterocycles. The molecule has 2 heterocycles. The number of fused-ring (bicyclic) bond motifs is 1. The first-order valence-corrected chi connectivity index (χ1v) is 6.18. The second-order valence-electron chi connectivity index (χ2n) is 4.47. The summed E-state index contributed by atoms with van der Waals surface area (Å²) < 4.78 is 5.15. The van der Waals surface area contributed by atoms with Crippen molar-refractivity contribution in [2.75, 3.05) is 20.2 Å². The van der Waals surface area contributed by atoms with Gasteiger partial charge in [0.15, 0.2) is 0 Å². The van der Waals surface area contributed by atoms with Gasteiger partial charge in [0.25, 0.3) is 0 Å². The minimum absolute atomic E-state index is 0.0989. The zero-order valence-electron chi connectivity index (χ0n) is 10.6. The fraction of sp³-hybridized carbons (Fsp3) is 0.538. The standard InChI is InChI=1S/C13H19N3O2/c1-18-11(8-14)7-13(17)16-6-4-12-10(9-16)3-2-5-15-12/h2-3,5,11H,4,6-9,14H2,1H3. The summed E-state index contributed by atoms with van der Waals surface area (Å²) in [4.78, 5) is 18.3. The van der Waals surface area contributed by atoms with Crippen molar-refractivity contribution < 1.29 is 9.53 Å². The molecule has 1 aliphatic rings. The Bertz CT molecular complexity index is 418. The number of pyridine rings is 1. The van der Waals surface area contributed by atoms with Crippen molar-refractivity contribution in [3.05, 3.63) is 29.6 Å². The van der Waals surface area contributed by atoms with E-state index in [0.29, 0.717) is 19.5 Å². The molecule has 0 bridgehead atoms. The number of nitrogens with two attached hydrogens (primary N) is 1. The van der Waals surface area contributed by atoms with Crippen LogP contribution in [-0.4, -0.2) is 42.1 Å². The summed E-state index contributed by atoms with van der Waals surface area (Å²) in [6.45, 7) is 1.74. The van der Waals surface area contributed by atoms with Gasteiger partial charge in [-0.1, -0.05) is 6.07 Å². The molecule has 1 aromatic heterocycles. The fourth-order valence-electron chi connectivity index (χ4n) is 2.17. The number of carbonyl (C=O) groups excluding carboxylic acids is 1. The first kappa shape index (κ1) is 13.0. The highest BCUT2D eigenvalue weighted by Crippen LogP contribution is 2.17. The number of nitrogens with zero attached hydrogens (tertiary/aromatic N) is 2. The summed E-state index contributed by atoms with van der Waals surface area (Å²) in [5.74, 6) is 0.0989. The number of aromatic nitrogens is 1. The molecule has 1 atom stereocenters. The number of carbonyl (C=O) groups is 1. The summed E-state index contributed by atoms with van der Waals surface area (Å²) >= 11 is 0. The molecule has 0 radical (unpaired) electrons. The minimum Gasteiger partial charge on any atom is -0.380 e. The molecule has 5 nitrogen and oxygen atoms in total. The number of methoxy groups -OCH3 is 1. The van der Waals surface area contributed by atoms with Crippen LogP contribution in [0.25, 0.3) is 0 Å². The second-order valence-corrected chi connectivity index (χ2v) is 4.47. The largest absolute Gasteiger partial charge is 0.380 e. The van der Waals surface area contributed by atoms with Crippen molar-refractivity contribution in [3.63, 3.8) is 0 Å². The van der Waals surface area contributed by atoms with Gasteiger partial charge in [0.2, 0.25) is 5.91 Å². The third-order valence-corrected chi connectivity index (χ3v) is 3.32. The molecule has 1 amide bonds. The number of amides is 1. The van der Waals surface area contributed by atoms with Gasteiger partial charge in [-0.05, 0) is 11.6 Å². The first-order chi connectivity index (χ1) is 8.74. The van der Waals surface area contributed by atoms with Crippen LogP contribution in [0.15, 0.2) is 18.3 Å². The Balaban J connectivity index is 1.98. The maximum absolute atomic E-state index is 12.1. The number of hydrogen-bond acceptors (Lipinski definition) is 4. The average Bonchev–Trinajstić information content (AvgIpc) is 2.44. The van der Waals surface area contributed by atoms with E-state index in [4.69, 9.17) is 10.5 Å². The monoisotopic (exact) mass is 249 g/mol. The highest BCUT2D eigenvalue weighted by molar-refractivity contribution is 5.77. The quantitative estimate of drug-likeness (QED) is 0.835. The van der Waals surface area contributed by atoms with Crippen LogP contribution in [0.2, 0.25) is 0 Å². The van der Waals surface area contributed by atoms with E-state index >= 15 is 0 Å². The molecule has 0 saturated carbocycles. The van der Waals surface area contributed by atoms with E-state index in [1.54, 1.807) is 13.3 Å². The average molecular weight is 249 g/mol. The van der Waals surface area contributed by atoms with Crippen LogP contribution >= 0.6 is 0 Å². The molecule has 5 heteroatoms. The molecule has 0 fully saturated rings. The number of ether oxygens (including phenoxy) is 1. The molecule has 98 valence electrons. The van der Waals surface area contributed by atoms with Crippen molar-refractivity contribution in [2.24, 2.45) is 5.73 Å². The maximum Gasteiger partial charge on any atom is 0.225 e. The summed E-state index contributed by atoms with van der Waals surface area (Å²) in [7, 11) is 1.58. The minimum atomic E-state index is -0.187. The van der Waals surface area contributed by atoms with Crippen LogP contribution in [0.3, 0.4) is 0 Å². The van der Waals surface area contributed by atoms with Crippen LogP contribution in [-0.2, 0) is 22.5 Å². The van der Waals surface area contributed by atoms with Gasteiger partial charge in [0, 0.05) is 45.1 Å². The van der Waals surface area contributed by atoms with Crippen LogP contribution in [0.5, 0.6) is 0 Å². The first-order valence-electron chi connectivity index (χ1n) is 6.18. The molecule has 2 N–H and O–H groups in total. The lowest BCUT2D eigenvalue weighted by molar-refractivity contribution is -0.134. The molecule has 0 aromatic carbocycles. The SMILES string of the molecule is COC(CN)CC(=O)N1CCc2ncccc2C1. The highest BCUT2D eigenvalue weighted by atomic mass is 16.5. The lowest BCUT2D eigenvalue weighted by atomic mass is 10.1. The second kappa shape index (κ2) is 5.93. The molecule has 1 aliphatic heterocycles. The van der Waals surface area contributed by atoms with E-state index in [-0.39, 0.29) is 12.0 Å². The summed E-state index contributed by atoms with van der Waals surface area (Å²) in [6.07, 6.45) is 2.78. The molecule has 1 aromatic rings. The molecular weight excluding hydrogens is 230 g/mol. The van der Waals surface area contributed by atoms with Gasteiger partial charge in [-0.3, -0.25) is 9.78 Å². The van der Waals surface area contributed by atoms with Gasteiger partial charge in [0.1, 0.15) is 0 Å². The predicted molar refractivity (Wildman–Crippen MR) is 67.8 cm³/mol. The van der Waals surface area contributed by atoms with Crippen molar-refractivity contribution in [1.82, 2.24) is 9.88 Å². The lowest BCUT2D eigenvalue weighted by Gasteiger charge is -2.29. The van der Waals surface area contributed by atoms with E-state index in [2.05, 4.69) is 4.98 Å². The van der Waals surface area contributed by atoms with Crippen molar-refractivity contribution in [3.8, 4) is 0 Å². The predicted octanol–water partition coefficient (Wildman–Crippen LogP) is 0.330. The van der Waals surface area contributed by atoms with Crippen molar-refractivity contribution in [2.45, 2.75) is 25.5 Å². The van der Waals surface area contributed by atoms with E-state index in [9.17, 15) is 4.79 Å². The zero-order chi connectivity index (χ0) is 13.0. The normalized spacial score (nSPS) is 16.2. The van der Waals surface area contributed by atoms with Gasteiger partial charge in [-0.2, -0.15) is 0 Å². The van der Waals surface area contributed by atoms with Gasteiger partial charge in [-0.15, -0.1) is 0 Å². The van der Waals surface area contributed by atoms with Gasteiger partial charge < -0.3 is 15.4 Å². The molecule has 0 spiro atoms. The van der Waals surface area contributed by atoms with Crippen LogP contribution < -0.4 is 5.73 Å². The Morgan fingerprint density at radius 2 is 2.50 bits per heavy atom. The van der Waals surface area contributed by atoms with Crippen LogP contribution in [0.1, 0.15) is 17.7 Å². The fourth-order valence-corrected chi connectivity index (χ4v) is 2.17. The highest BCUT2D eigenvalue weighted by Gasteiger charge is 2.23. The van der Waals surface area contributed by atoms with Crippen LogP contribution in [0, 0.1) is 0 Å². The maximum atomic E-state index is 12.1. The Morgan fingerprint density at radius 1 is 1.67 bits per heavy atom. The smallest absolute Gasteiger partial charge is 0.225 e. The topological polar surface area (TPSA) is 68.5 Å². The number of hydrogen-bond donors (Lipinski definition) is 1. The van der Waals surface area contributed by atoms with Crippen molar-refractivity contribution in [1.29, 1.82) is 0 Å². The lowest BCUT2D eigenvalue weighted by Crippen LogP contribution is -2.39. The third-order valence-electron chi connectivity index (χ3n) is 3.32. The molecule has 0 aliphatic carbocycles. The number of rotatable bonds is 4. The summed E-state index contributed by atoms with van der Waals surface area (Å²) in [5, 5.41) is 0. The summed E-state index contributed by atoms with van der Waals surface area (Å²) in [5.41, 5.74) is 7.77. The molecule has 2 rings (SSSR count). The van der Waals surface area contributed by atoms with E-state index in [0.717, 1.165) is 24.2 Å². The summed E-state index contributed by atoms with van der Waals surface area (Å²) in [6, 6.07) is 3.93. The molecule has 1 unspecified atom stereocenters. The zero-order valence-corrected chi connectivity index (χ0v) is 10.6. The Hall–Kier alpha value is -1.46. The van der Waals surface area contributed by atoms with Crippen LogP contribution in [0.4, 0.5) is 0 Å². The van der Waals surface area contributed by atoms with Gasteiger partial charge in [-0.25, -0.2) is 0 Å². The Labute approximate surface area is 107 Å². The Morgan fingerprint density at radius 3 is 3.22 bits per heavy atom. The molecule has 18 heavy (non-hydrogen) atoms. The van der Waals surface area contributed by atoms with Gasteiger partial charge >= 0.3 is 0 Å². The van der Waals surface area contributed by atoms with Crippen molar-refractivity contribution >= 4 is 5.91 Å². The third kappa shape index (κ3) is 2.86. The van der Waals surface area contributed by atoms with E-state index < -0.39 is 0 Å². The Kier molecular flexibility index (Phi) is 4.28. The molecular formula is C13H19N3O2. The van der Waals surface area contributed by atoms with E-state index in [1.165, 1.54) is 0 Å². The van der Waals surface area contributed by atoms with Gasteiger partial charge in [0.05, 0.1) is 12.5 Å².